The molecule has 20 heavy (non-hydrogen) atoms. The van der Waals surface area contributed by atoms with Gasteiger partial charge in [-0.3, -0.25) is 0 Å². The second-order valence-electron chi connectivity index (χ2n) is 5.53. The minimum absolute atomic E-state index is 0.0378. The van der Waals surface area contributed by atoms with Gasteiger partial charge < -0.3 is 19.3 Å². The minimum atomic E-state index is -0.888. The summed E-state index contributed by atoms with van der Waals surface area (Å²) in [4.78, 5) is 0. The Hall–Kier alpha value is -1.10. The van der Waals surface area contributed by atoms with E-state index in [9.17, 15) is 5.11 Å². The highest BCUT2D eigenvalue weighted by Gasteiger charge is 2.40. The predicted octanol–water partition coefficient (Wildman–Crippen LogP) is 2.49. The zero-order valence-electron chi connectivity index (χ0n) is 12.5. The summed E-state index contributed by atoms with van der Waals surface area (Å²) < 4.78 is 16.5. The lowest BCUT2D eigenvalue weighted by Gasteiger charge is -2.40. The fourth-order valence-electron chi connectivity index (χ4n) is 2.96. The van der Waals surface area contributed by atoms with Crippen molar-refractivity contribution < 1.29 is 19.3 Å². The van der Waals surface area contributed by atoms with Gasteiger partial charge in [0.05, 0.1) is 24.4 Å². The van der Waals surface area contributed by atoms with E-state index in [1.54, 1.807) is 7.11 Å². The zero-order chi connectivity index (χ0) is 14.6. The van der Waals surface area contributed by atoms with Gasteiger partial charge in [0, 0.05) is 25.5 Å². The first-order valence-corrected chi connectivity index (χ1v) is 7.14. The summed E-state index contributed by atoms with van der Waals surface area (Å²) in [6.07, 6.45) is 1.25. The summed E-state index contributed by atoms with van der Waals surface area (Å²) in [6.45, 7) is 5.00. The van der Waals surface area contributed by atoms with Crippen molar-refractivity contribution in [1.29, 1.82) is 0 Å². The van der Waals surface area contributed by atoms with Crippen LogP contribution in [0.5, 0.6) is 5.75 Å². The number of rotatable bonds is 5. The van der Waals surface area contributed by atoms with Crippen LogP contribution in [0.1, 0.15) is 32.3 Å². The molecule has 1 aliphatic rings. The number of benzene rings is 1. The molecule has 1 saturated heterocycles. The van der Waals surface area contributed by atoms with Gasteiger partial charge in [-0.15, -0.1) is 0 Å². The fourth-order valence-corrected chi connectivity index (χ4v) is 2.96. The second-order valence-corrected chi connectivity index (χ2v) is 5.53. The molecule has 4 heteroatoms. The molecule has 0 radical (unpaired) electrons. The fraction of sp³-hybridized carbons (Fsp3) is 0.625. The molecule has 2 rings (SSSR count). The van der Waals surface area contributed by atoms with Gasteiger partial charge >= 0.3 is 0 Å². The minimum Gasteiger partial charge on any atom is -0.491 e. The van der Waals surface area contributed by atoms with Crippen molar-refractivity contribution in [3.63, 3.8) is 0 Å². The lowest BCUT2D eigenvalue weighted by atomic mass is 9.81. The van der Waals surface area contributed by atoms with E-state index in [0.717, 1.165) is 11.3 Å². The third-order valence-electron chi connectivity index (χ3n) is 3.65. The first-order valence-electron chi connectivity index (χ1n) is 7.14. The van der Waals surface area contributed by atoms with E-state index in [-0.39, 0.29) is 12.2 Å². The van der Waals surface area contributed by atoms with Gasteiger partial charge in [-0.05, 0) is 19.9 Å². The van der Waals surface area contributed by atoms with Crippen LogP contribution in [0.3, 0.4) is 0 Å². The molecule has 0 aromatic heterocycles. The summed E-state index contributed by atoms with van der Waals surface area (Å²) in [5, 5.41) is 11.0. The molecule has 0 bridgehead atoms. The monoisotopic (exact) mass is 280 g/mol. The summed E-state index contributed by atoms with van der Waals surface area (Å²) >= 11 is 0. The van der Waals surface area contributed by atoms with Gasteiger partial charge in [0.25, 0.3) is 0 Å². The SMILES string of the molecule is COCCOc1ccccc1C1(O)CC(C)OC(C)C1. The van der Waals surface area contributed by atoms with Crippen LogP contribution in [0.25, 0.3) is 0 Å². The van der Waals surface area contributed by atoms with Gasteiger partial charge in [-0.2, -0.15) is 0 Å². The number of ether oxygens (including phenoxy) is 3. The first kappa shape index (κ1) is 15.3. The van der Waals surface area contributed by atoms with E-state index < -0.39 is 5.60 Å². The average Bonchev–Trinajstić information content (AvgIpc) is 2.38. The first-order chi connectivity index (χ1) is 9.55. The van der Waals surface area contributed by atoms with Crippen LogP contribution in [-0.4, -0.2) is 37.6 Å². The molecule has 2 atom stereocenters. The molecule has 0 saturated carbocycles. The second kappa shape index (κ2) is 6.57. The predicted molar refractivity (Wildman–Crippen MR) is 77.0 cm³/mol. The van der Waals surface area contributed by atoms with Crippen molar-refractivity contribution in [3.05, 3.63) is 29.8 Å². The molecule has 1 N–H and O–H groups in total. The Labute approximate surface area is 120 Å². The highest BCUT2D eigenvalue weighted by molar-refractivity contribution is 5.38. The third-order valence-corrected chi connectivity index (χ3v) is 3.65. The van der Waals surface area contributed by atoms with Crippen LogP contribution in [0.2, 0.25) is 0 Å². The molecule has 112 valence electrons. The summed E-state index contributed by atoms with van der Waals surface area (Å²) in [7, 11) is 1.64. The number of para-hydroxylation sites is 1. The van der Waals surface area contributed by atoms with E-state index >= 15 is 0 Å². The quantitative estimate of drug-likeness (QED) is 0.842. The molecule has 1 aromatic rings. The van der Waals surface area contributed by atoms with Crippen molar-refractivity contribution in [1.82, 2.24) is 0 Å². The Balaban J connectivity index is 2.21. The largest absolute Gasteiger partial charge is 0.491 e. The van der Waals surface area contributed by atoms with E-state index in [0.29, 0.717) is 26.1 Å². The summed E-state index contributed by atoms with van der Waals surface area (Å²) in [6, 6.07) is 7.68. The van der Waals surface area contributed by atoms with Gasteiger partial charge in [0.2, 0.25) is 0 Å². The Kier molecular flexibility index (Phi) is 5.02. The van der Waals surface area contributed by atoms with Gasteiger partial charge in [0.1, 0.15) is 12.4 Å². The topological polar surface area (TPSA) is 47.9 Å². The highest BCUT2D eigenvalue weighted by atomic mass is 16.5. The Bertz CT molecular complexity index is 422. The molecule has 1 aromatic carbocycles. The highest BCUT2D eigenvalue weighted by Crippen LogP contribution is 2.41. The van der Waals surface area contributed by atoms with E-state index in [2.05, 4.69) is 0 Å². The summed E-state index contributed by atoms with van der Waals surface area (Å²) in [5.41, 5.74) is -0.0427. The Morgan fingerprint density at radius 2 is 1.85 bits per heavy atom. The van der Waals surface area contributed by atoms with Crippen LogP contribution >= 0.6 is 0 Å². The molecule has 2 unspecified atom stereocenters. The third kappa shape index (κ3) is 3.51. The molecule has 0 aliphatic carbocycles. The smallest absolute Gasteiger partial charge is 0.125 e. The Morgan fingerprint density at radius 1 is 1.20 bits per heavy atom. The van der Waals surface area contributed by atoms with Gasteiger partial charge in [-0.1, -0.05) is 18.2 Å². The lowest BCUT2D eigenvalue weighted by molar-refractivity contribution is -0.136. The molecule has 4 nitrogen and oxygen atoms in total. The molecule has 0 spiro atoms. The molecule has 0 amide bonds. The maximum absolute atomic E-state index is 11.0. The van der Waals surface area contributed by atoms with Gasteiger partial charge in [0.15, 0.2) is 0 Å². The molecule has 1 aliphatic heterocycles. The lowest BCUT2D eigenvalue weighted by Crippen LogP contribution is -2.41. The van der Waals surface area contributed by atoms with Gasteiger partial charge in [-0.25, -0.2) is 0 Å². The van der Waals surface area contributed by atoms with Crippen LogP contribution in [0, 0.1) is 0 Å². The molecule has 1 heterocycles. The number of hydrogen-bond acceptors (Lipinski definition) is 4. The standard InChI is InChI=1S/C16H24O4/c1-12-10-16(17,11-13(2)20-12)14-6-4-5-7-15(14)19-9-8-18-3/h4-7,12-13,17H,8-11H2,1-3H3. The molecular formula is C16H24O4. The van der Waals surface area contributed by atoms with Crippen molar-refractivity contribution in [3.8, 4) is 5.75 Å². The van der Waals surface area contributed by atoms with Crippen LogP contribution in [0.15, 0.2) is 24.3 Å². The van der Waals surface area contributed by atoms with Crippen LogP contribution in [0.4, 0.5) is 0 Å². The van der Waals surface area contributed by atoms with E-state index in [1.165, 1.54) is 0 Å². The maximum atomic E-state index is 11.0. The van der Waals surface area contributed by atoms with E-state index in [1.807, 2.05) is 38.1 Å². The van der Waals surface area contributed by atoms with Crippen molar-refractivity contribution in [2.45, 2.75) is 44.5 Å². The summed E-state index contributed by atoms with van der Waals surface area (Å²) in [5.74, 6) is 0.730. The van der Waals surface area contributed by atoms with Crippen molar-refractivity contribution in [2.24, 2.45) is 0 Å². The van der Waals surface area contributed by atoms with Crippen molar-refractivity contribution >= 4 is 0 Å². The van der Waals surface area contributed by atoms with E-state index in [4.69, 9.17) is 14.2 Å². The average molecular weight is 280 g/mol. The number of methoxy groups -OCH3 is 1. The Morgan fingerprint density at radius 3 is 2.50 bits per heavy atom. The van der Waals surface area contributed by atoms with Crippen LogP contribution < -0.4 is 4.74 Å². The number of aliphatic hydroxyl groups is 1. The van der Waals surface area contributed by atoms with Crippen LogP contribution in [-0.2, 0) is 15.1 Å². The normalized spacial score (nSPS) is 30.2. The number of hydrogen-bond donors (Lipinski definition) is 1. The zero-order valence-corrected chi connectivity index (χ0v) is 12.5. The van der Waals surface area contributed by atoms with Crippen molar-refractivity contribution in [2.75, 3.05) is 20.3 Å². The molecular weight excluding hydrogens is 256 g/mol. The maximum Gasteiger partial charge on any atom is 0.125 e. The molecule has 1 fully saturated rings.